The lowest BCUT2D eigenvalue weighted by Gasteiger charge is -2.32. The third-order valence-corrected chi connectivity index (χ3v) is 3.96. The normalized spacial score (nSPS) is 24.7. The van der Waals surface area contributed by atoms with Crippen molar-refractivity contribution in [3.63, 3.8) is 0 Å². The van der Waals surface area contributed by atoms with Crippen molar-refractivity contribution in [1.29, 1.82) is 0 Å². The molecule has 0 bridgehead atoms. The van der Waals surface area contributed by atoms with Gasteiger partial charge in [0.1, 0.15) is 0 Å². The van der Waals surface area contributed by atoms with Crippen molar-refractivity contribution in [3.8, 4) is 0 Å². The van der Waals surface area contributed by atoms with Gasteiger partial charge < -0.3 is 15.1 Å². The van der Waals surface area contributed by atoms with Gasteiger partial charge in [-0.2, -0.15) is 0 Å². The first-order valence-electron chi connectivity index (χ1n) is 7.34. The third-order valence-electron chi connectivity index (χ3n) is 3.96. The number of anilines is 2. The molecule has 1 aliphatic rings. The maximum atomic E-state index is 3.64. The largest absolute Gasteiger partial charge is 0.378 e. The molecule has 0 saturated carbocycles. The topological polar surface area (TPSA) is 18.5 Å². The van der Waals surface area contributed by atoms with Crippen molar-refractivity contribution in [2.75, 3.05) is 37.0 Å². The van der Waals surface area contributed by atoms with Gasteiger partial charge in [0.15, 0.2) is 0 Å². The van der Waals surface area contributed by atoms with Gasteiger partial charge in [-0.15, -0.1) is 0 Å². The summed E-state index contributed by atoms with van der Waals surface area (Å²) in [4.78, 5) is 4.67. The number of benzene rings is 1. The molecule has 1 saturated heterocycles. The Balaban J connectivity index is 2.06. The fourth-order valence-corrected chi connectivity index (χ4v) is 2.68. The Morgan fingerprint density at radius 1 is 1.00 bits per heavy atom. The van der Waals surface area contributed by atoms with E-state index in [2.05, 4.69) is 67.3 Å². The summed E-state index contributed by atoms with van der Waals surface area (Å²) in [7, 11) is 4.17. The van der Waals surface area contributed by atoms with Crippen LogP contribution in [0.2, 0.25) is 0 Å². The summed E-state index contributed by atoms with van der Waals surface area (Å²) < 4.78 is 0. The van der Waals surface area contributed by atoms with Crippen LogP contribution >= 0.6 is 0 Å². The van der Waals surface area contributed by atoms with E-state index >= 15 is 0 Å². The maximum Gasteiger partial charge on any atom is 0.0367 e. The summed E-state index contributed by atoms with van der Waals surface area (Å²) in [5, 5.41) is 3.64. The molecule has 1 aromatic carbocycles. The van der Waals surface area contributed by atoms with Gasteiger partial charge in [0, 0.05) is 50.6 Å². The van der Waals surface area contributed by atoms with Crippen LogP contribution in [0, 0.1) is 0 Å². The highest BCUT2D eigenvalue weighted by Gasteiger charge is 2.16. The molecule has 3 nitrogen and oxygen atoms in total. The molecule has 1 N–H and O–H groups in total. The highest BCUT2D eigenvalue weighted by Crippen LogP contribution is 2.21. The van der Waals surface area contributed by atoms with Crippen LogP contribution in [-0.4, -0.2) is 39.3 Å². The Labute approximate surface area is 117 Å². The molecule has 0 spiro atoms. The molecule has 3 heteroatoms. The van der Waals surface area contributed by atoms with Gasteiger partial charge >= 0.3 is 0 Å². The zero-order valence-electron chi connectivity index (χ0n) is 12.7. The van der Waals surface area contributed by atoms with Crippen molar-refractivity contribution in [2.24, 2.45) is 0 Å². The molecular formula is C16H27N3. The second-order valence-electron chi connectivity index (χ2n) is 5.94. The minimum absolute atomic E-state index is 0.610. The van der Waals surface area contributed by atoms with E-state index in [1.54, 1.807) is 0 Å². The van der Waals surface area contributed by atoms with Crippen molar-refractivity contribution >= 4 is 11.4 Å². The molecule has 1 aromatic rings. The minimum Gasteiger partial charge on any atom is -0.378 e. The average molecular weight is 261 g/mol. The van der Waals surface area contributed by atoms with Crippen LogP contribution in [0.1, 0.15) is 26.7 Å². The zero-order valence-corrected chi connectivity index (χ0v) is 12.7. The summed E-state index contributed by atoms with van der Waals surface area (Å²) in [6.07, 6.45) is 2.42. The van der Waals surface area contributed by atoms with E-state index < -0.39 is 0 Å². The molecule has 1 aliphatic heterocycles. The highest BCUT2D eigenvalue weighted by molar-refractivity contribution is 5.55. The van der Waals surface area contributed by atoms with Gasteiger partial charge in [-0.25, -0.2) is 0 Å². The van der Waals surface area contributed by atoms with E-state index in [0.29, 0.717) is 12.1 Å². The molecule has 1 fully saturated rings. The average Bonchev–Trinajstić information content (AvgIpc) is 2.37. The SMILES string of the molecule is CC1CCN(c2ccc(N(C)C)cc2)CCC(C)N1. The van der Waals surface area contributed by atoms with Crippen molar-refractivity contribution < 1.29 is 0 Å². The molecule has 0 aliphatic carbocycles. The van der Waals surface area contributed by atoms with Crippen LogP contribution in [-0.2, 0) is 0 Å². The molecule has 19 heavy (non-hydrogen) atoms. The summed E-state index contributed by atoms with van der Waals surface area (Å²) in [6, 6.07) is 10.1. The van der Waals surface area contributed by atoms with E-state index in [4.69, 9.17) is 0 Å². The molecule has 106 valence electrons. The number of nitrogens with one attached hydrogen (secondary N) is 1. The van der Waals surface area contributed by atoms with Crippen molar-refractivity contribution in [1.82, 2.24) is 5.32 Å². The number of rotatable bonds is 2. The first kappa shape index (κ1) is 14.2. The second-order valence-corrected chi connectivity index (χ2v) is 5.94. The molecule has 0 amide bonds. The quantitative estimate of drug-likeness (QED) is 0.883. The summed E-state index contributed by atoms with van der Waals surface area (Å²) in [6.45, 7) is 6.86. The predicted molar refractivity (Wildman–Crippen MR) is 84.3 cm³/mol. The molecule has 2 rings (SSSR count). The fourth-order valence-electron chi connectivity index (χ4n) is 2.68. The fraction of sp³-hybridized carbons (Fsp3) is 0.625. The summed E-state index contributed by atoms with van der Waals surface area (Å²) in [5.74, 6) is 0. The standard InChI is InChI=1S/C16H27N3/c1-13-9-11-19(12-10-14(2)17-13)16-7-5-15(6-8-16)18(3)4/h5-8,13-14,17H,9-12H2,1-4H3. The smallest absolute Gasteiger partial charge is 0.0367 e. The van der Waals surface area contributed by atoms with Gasteiger partial charge in [0.25, 0.3) is 0 Å². The highest BCUT2D eigenvalue weighted by atomic mass is 15.1. The van der Waals surface area contributed by atoms with Crippen LogP contribution in [0.25, 0.3) is 0 Å². The van der Waals surface area contributed by atoms with Gasteiger partial charge in [-0.3, -0.25) is 0 Å². The third kappa shape index (κ3) is 3.87. The van der Waals surface area contributed by atoms with E-state index in [1.807, 2.05) is 0 Å². The first-order valence-corrected chi connectivity index (χ1v) is 7.34. The van der Waals surface area contributed by atoms with Crippen molar-refractivity contribution in [3.05, 3.63) is 24.3 Å². The molecule has 0 radical (unpaired) electrons. The van der Waals surface area contributed by atoms with Gasteiger partial charge in [-0.05, 0) is 51.0 Å². The maximum absolute atomic E-state index is 3.64. The van der Waals surface area contributed by atoms with Gasteiger partial charge in [0.05, 0.1) is 0 Å². The lowest BCUT2D eigenvalue weighted by molar-refractivity contribution is 0.404. The van der Waals surface area contributed by atoms with Crippen LogP contribution < -0.4 is 15.1 Å². The van der Waals surface area contributed by atoms with E-state index in [1.165, 1.54) is 24.2 Å². The first-order chi connectivity index (χ1) is 9.06. The summed E-state index contributed by atoms with van der Waals surface area (Å²) >= 11 is 0. The molecule has 2 unspecified atom stereocenters. The van der Waals surface area contributed by atoms with Crippen LogP contribution in [0.5, 0.6) is 0 Å². The molecule has 1 heterocycles. The van der Waals surface area contributed by atoms with Crippen LogP contribution in [0.3, 0.4) is 0 Å². The van der Waals surface area contributed by atoms with E-state index in [-0.39, 0.29) is 0 Å². The monoisotopic (exact) mass is 261 g/mol. The number of hydrogen-bond acceptors (Lipinski definition) is 3. The van der Waals surface area contributed by atoms with Crippen LogP contribution in [0.4, 0.5) is 11.4 Å². The Morgan fingerprint density at radius 2 is 1.53 bits per heavy atom. The Bertz CT molecular complexity index is 373. The minimum atomic E-state index is 0.610. The van der Waals surface area contributed by atoms with Crippen LogP contribution in [0.15, 0.2) is 24.3 Å². The zero-order chi connectivity index (χ0) is 13.8. The predicted octanol–water partition coefficient (Wildman–Crippen LogP) is 2.72. The molecular weight excluding hydrogens is 234 g/mol. The Hall–Kier alpha value is -1.22. The second kappa shape index (κ2) is 6.29. The lowest BCUT2D eigenvalue weighted by atomic mass is 10.1. The number of hydrogen-bond donors (Lipinski definition) is 1. The Kier molecular flexibility index (Phi) is 4.70. The number of nitrogens with zero attached hydrogens (tertiary/aromatic N) is 2. The van der Waals surface area contributed by atoms with Gasteiger partial charge in [0.2, 0.25) is 0 Å². The van der Waals surface area contributed by atoms with E-state index in [0.717, 1.165) is 13.1 Å². The molecule has 0 aromatic heterocycles. The van der Waals surface area contributed by atoms with Crippen molar-refractivity contribution in [2.45, 2.75) is 38.8 Å². The molecule has 2 atom stereocenters. The van der Waals surface area contributed by atoms with Gasteiger partial charge in [-0.1, -0.05) is 0 Å². The summed E-state index contributed by atoms with van der Waals surface area (Å²) in [5.41, 5.74) is 2.62. The lowest BCUT2D eigenvalue weighted by Crippen LogP contribution is -2.43. The Morgan fingerprint density at radius 3 is 2.00 bits per heavy atom. The van der Waals surface area contributed by atoms with E-state index in [9.17, 15) is 0 Å².